The molecule has 0 spiro atoms. The van der Waals surface area contributed by atoms with Gasteiger partial charge in [0.2, 0.25) is 0 Å². The molecule has 2 aromatic rings. The van der Waals surface area contributed by atoms with Gasteiger partial charge >= 0.3 is 0 Å². The molecule has 0 saturated carbocycles. The van der Waals surface area contributed by atoms with Crippen LogP contribution in [-0.2, 0) is 14.3 Å². The van der Waals surface area contributed by atoms with Crippen LogP contribution >= 0.6 is 12.2 Å². The van der Waals surface area contributed by atoms with E-state index in [0.717, 1.165) is 23.4 Å². The predicted octanol–water partition coefficient (Wildman–Crippen LogP) is 3.33. The van der Waals surface area contributed by atoms with Gasteiger partial charge in [-0.25, -0.2) is 0 Å². The summed E-state index contributed by atoms with van der Waals surface area (Å²) in [4.78, 5) is 18.0. The first kappa shape index (κ1) is 24.2. The lowest BCUT2D eigenvalue weighted by Gasteiger charge is -2.47. The van der Waals surface area contributed by atoms with Crippen molar-refractivity contribution in [1.29, 1.82) is 0 Å². The van der Waals surface area contributed by atoms with Crippen molar-refractivity contribution in [3.8, 4) is 0 Å². The Morgan fingerprint density at radius 2 is 1.62 bits per heavy atom. The minimum Gasteiger partial charge on any atom is -0.383 e. The molecule has 2 atom stereocenters. The number of methoxy groups -OCH3 is 1. The second-order valence-electron chi connectivity index (χ2n) is 8.21. The van der Waals surface area contributed by atoms with Crippen LogP contribution in [0.3, 0.4) is 0 Å². The third-order valence-electron chi connectivity index (χ3n) is 6.06. The summed E-state index contributed by atoms with van der Waals surface area (Å²) in [5.41, 5.74) is 2.67. The lowest BCUT2D eigenvalue weighted by atomic mass is 9.93. The van der Waals surface area contributed by atoms with Crippen LogP contribution in [0, 0.1) is 0 Å². The molecule has 2 heterocycles. The average molecular weight is 481 g/mol. The van der Waals surface area contributed by atoms with E-state index in [1.807, 2.05) is 77.4 Å². The van der Waals surface area contributed by atoms with Crippen molar-refractivity contribution in [1.82, 2.24) is 20.4 Å². The van der Waals surface area contributed by atoms with Gasteiger partial charge in [0.25, 0.3) is 5.91 Å². The normalized spacial score (nSPS) is 20.2. The van der Waals surface area contributed by atoms with Crippen LogP contribution in [-0.4, -0.2) is 60.8 Å². The molecular weight excluding hydrogens is 448 g/mol. The van der Waals surface area contributed by atoms with Gasteiger partial charge in [-0.15, -0.1) is 0 Å². The molecule has 0 radical (unpaired) electrons. The SMILES string of the molecule is CCOCCCN1C(=S)N[C@H](c2ccccc2)C2=C1N[C@@H](c1ccccc1)N(CCOC)C2=O. The number of hydrogen-bond acceptors (Lipinski definition) is 5. The Balaban J connectivity index is 1.77. The molecule has 180 valence electrons. The molecule has 4 rings (SSSR count). The molecule has 34 heavy (non-hydrogen) atoms. The molecule has 0 aliphatic carbocycles. The van der Waals surface area contributed by atoms with Crippen molar-refractivity contribution < 1.29 is 14.3 Å². The first-order valence-electron chi connectivity index (χ1n) is 11.7. The number of carbonyl (C=O) groups excluding carboxylic acids is 1. The highest BCUT2D eigenvalue weighted by atomic mass is 32.1. The summed E-state index contributed by atoms with van der Waals surface area (Å²) in [6.45, 7) is 4.85. The third kappa shape index (κ3) is 5.09. The first-order valence-corrected chi connectivity index (χ1v) is 12.1. The number of benzene rings is 2. The topological polar surface area (TPSA) is 66.1 Å². The zero-order chi connectivity index (χ0) is 23.9. The van der Waals surface area contributed by atoms with E-state index in [0.29, 0.717) is 43.6 Å². The second kappa shape index (κ2) is 11.5. The Morgan fingerprint density at radius 3 is 2.26 bits per heavy atom. The minimum absolute atomic E-state index is 0.0293. The van der Waals surface area contributed by atoms with Crippen LogP contribution in [0.1, 0.15) is 36.7 Å². The van der Waals surface area contributed by atoms with Gasteiger partial charge in [-0.2, -0.15) is 0 Å². The summed E-state index contributed by atoms with van der Waals surface area (Å²) in [5.74, 6) is 0.736. The standard InChI is InChI=1S/C26H32N4O3S/c1-3-33-17-10-15-30-24-21(22(27-26(30)34)19-11-6-4-7-12-19)25(31)29(16-18-32-2)23(28-24)20-13-8-5-9-14-20/h4-9,11-14,22-23,28H,3,10,15-18H2,1-2H3,(H,27,34)/t22-,23-/m1/s1. The quantitative estimate of drug-likeness (QED) is 0.399. The summed E-state index contributed by atoms with van der Waals surface area (Å²) in [6.07, 6.45) is 0.469. The predicted molar refractivity (Wildman–Crippen MR) is 136 cm³/mol. The van der Waals surface area contributed by atoms with E-state index in [1.165, 1.54) is 0 Å². The fraction of sp³-hybridized carbons (Fsp3) is 0.385. The number of hydrogen-bond donors (Lipinski definition) is 2. The molecule has 0 unspecified atom stereocenters. The molecule has 0 bridgehead atoms. The van der Waals surface area contributed by atoms with Gasteiger partial charge in [0.15, 0.2) is 5.11 Å². The Morgan fingerprint density at radius 1 is 0.941 bits per heavy atom. The van der Waals surface area contributed by atoms with E-state index in [2.05, 4.69) is 10.6 Å². The van der Waals surface area contributed by atoms with E-state index in [4.69, 9.17) is 21.7 Å². The van der Waals surface area contributed by atoms with Crippen LogP contribution in [0.4, 0.5) is 0 Å². The van der Waals surface area contributed by atoms with Gasteiger partial charge in [-0.05, 0) is 36.7 Å². The molecule has 0 aromatic heterocycles. The highest BCUT2D eigenvalue weighted by Gasteiger charge is 2.43. The van der Waals surface area contributed by atoms with E-state index >= 15 is 0 Å². The Bertz CT molecular complexity index is 1020. The van der Waals surface area contributed by atoms with Crippen molar-refractivity contribution >= 4 is 23.2 Å². The zero-order valence-corrected chi connectivity index (χ0v) is 20.5. The molecular formula is C26H32N4O3S. The first-order chi connectivity index (χ1) is 16.7. The number of carbonyl (C=O) groups is 1. The van der Waals surface area contributed by atoms with Crippen LogP contribution in [0.2, 0.25) is 0 Å². The maximum absolute atomic E-state index is 14.1. The molecule has 2 aromatic carbocycles. The molecule has 1 amide bonds. The molecule has 2 N–H and O–H groups in total. The number of thiocarbonyl (C=S) groups is 1. The van der Waals surface area contributed by atoms with Crippen molar-refractivity contribution in [2.45, 2.75) is 25.6 Å². The Hall–Kier alpha value is -2.94. The van der Waals surface area contributed by atoms with E-state index in [1.54, 1.807) is 7.11 Å². The van der Waals surface area contributed by atoms with Gasteiger partial charge in [-0.1, -0.05) is 60.7 Å². The third-order valence-corrected chi connectivity index (χ3v) is 6.40. The smallest absolute Gasteiger partial charge is 0.257 e. The monoisotopic (exact) mass is 480 g/mol. The zero-order valence-electron chi connectivity index (χ0n) is 19.7. The lowest BCUT2D eigenvalue weighted by molar-refractivity contribution is -0.133. The molecule has 2 aliphatic heterocycles. The van der Waals surface area contributed by atoms with Crippen LogP contribution in [0.25, 0.3) is 0 Å². The number of amides is 1. The summed E-state index contributed by atoms with van der Waals surface area (Å²) < 4.78 is 10.9. The van der Waals surface area contributed by atoms with Gasteiger partial charge in [0.1, 0.15) is 12.0 Å². The number of nitrogens with zero attached hydrogens (tertiary/aromatic N) is 2. The van der Waals surface area contributed by atoms with Gasteiger partial charge in [-0.3, -0.25) is 4.79 Å². The Labute approximate surface area is 206 Å². The highest BCUT2D eigenvalue weighted by Crippen LogP contribution is 2.37. The molecule has 7 nitrogen and oxygen atoms in total. The number of nitrogens with one attached hydrogen (secondary N) is 2. The van der Waals surface area contributed by atoms with E-state index in [9.17, 15) is 4.79 Å². The van der Waals surface area contributed by atoms with E-state index < -0.39 is 0 Å². The second-order valence-corrected chi connectivity index (χ2v) is 8.59. The van der Waals surface area contributed by atoms with Crippen molar-refractivity contribution in [2.24, 2.45) is 0 Å². The number of rotatable bonds is 10. The maximum Gasteiger partial charge on any atom is 0.257 e. The van der Waals surface area contributed by atoms with Gasteiger partial charge in [0, 0.05) is 33.4 Å². The summed E-state index contributed by atoms with van der Waals surface area (Å²) >= 11 is 5.80. The van der Waals surface area contributed by atoms with Crippen LogP contribution < -0.4 is 10.6 Å². The molecule has 0 fully saturated rings. The fourth-order valence-corrected chi connectivity index (χ4v) is 4.71. The molecule has 0 saturated heterocycles. The van der Waals surface area contributed by atoms with Crippen molar-refractivity contribution in [2.75, 3.05) is 40.0 Å². The molecule has 8 heteroatoms. The Kier molecular flexibility index (Phi) is 8.16. The van der Waals surface area contributed by atoms with Crippen molar-refractivity contribution in [3.05, 3.63) is 83.2 Å². The highest BCUT2D eigenvalue weighted by molar-refractivity contribution is 7.80. The van der Waals surface area contributed by atoms with E-state index in [-0.39, 0.29) is 18.1 Å². The lowest BCUT2D eigenvalue weighted by Crippen LogP contribution is -2.59. The summed E-state index contributed by atoms with van der Waals surface area (Å²) in [5, 5.41) is 7.69. The largest absolute Gasteiger partial charge is 0.383 e. The van der Waals surface area contributed by atoms with Gasteiger partial charge < -0.3 is 29.9 Å². The average Bonchev–Trinajstić information content (AvgIpc) is 2.87. The van der Waals surface area contributed by atoms with Crippen LogP contribution in [0.15, 0.2) is 72.1 Å². The van der Waals surface area contributed by atoms with Crippen molar-refractivity contribution in [3.63, 3.8) is 0 Å². The summed E-state index contributed by atoms with van der Waals surface area (Å²) in [7, 11) is 1.65. The van der Waals surface area contributed by atoms with Gasteiger partial charge in [0.05, 0.1) is 18.2 Å². The maximum atomic E-state index is 14.1. The summed E-state index contributed by atoms with van der Waals surface area (Å²) in [6, 6.07) is 19.6. The van der Waals surface area contributed by atoms with Crippen LogP contribution in [0.5, 0.6) is 0 Å². The minimum atomic E-state index is -0.339. The molecule has 2 aliphatic rings. The fourth-order valence-electron chi connectivity index (χ4n) is 4.41. The number of ether oxygens (including phenoxy) is 2.